The molecule has 0 aliphatic carbocycles. The summed E-state index contributed by atoms with van der Waals surface area (Å²) in [4.78, 5) is 41.8. The monoisotopic (exact) mass is 309 g/mol. The second-order valence-electron chi connectivity index (χ2n) is 3.24. The maximum absolute atomic E-state index is 10.6. The molecule has 0 rings (SSSR count). The standard InChI is InChI=1S/C8H11NO9.2Na/c10-5(11)1-3(7(14)15)9(18)4(8(16)17)2-6(12)13;;/h3-4,18H,1-2H2,(H,10,11)(H,12,13)(H,14,15)(H,16,17);;/q;2*+1/p-2. The minimum Gasteiger partial charge on any atom is -0.550 e. The van der Waals surface area contributed by atoms with Gasteiger partial charge in [0.2, 0.25) is 0 Å². The van der Waals surface area contributed by atoms with Crippen LogP contribution in [0.15, 0.2) is 0 Å². The molecule has 10 nitrogen and oxygen atoms in total. The van der Waals surface area contributed by atoms with Gasteiger partial charge in [-0.05, 0) is 0 Å². The van der Waals surface area contributed by atoms with Crippen molar-refractivity contribution >= 4 is 23.9 Å². The number of carbonyl (C=O) groups excluding carboxylic acids is 2. The van der Waals surface area contributed by atoms with Gasteiger partial charge in [-0.3, -0.25) is 9.59 Å². The smallest absolute Gasteiger partial charge is 0.550 e. The Balaban J connectivity index is -0.00000144. The van der Waals surface area contributed by atoms with Crippen molar-refractivity contribution in [3.05, 3.63) is 0 Å². The molecule has 0 saturated heterocycles. The van der Waals surface area contributed by atoms with E-state index in [1.54, 1.807) is 0 Å². The van der Waals surface area contributed by atoms with Gasteiger partial charge in [-0.2, -0.15) is 5.06 Å². The van der Waals surface area contributed by atoms with Crippen molar-refractivity contribution in [1.82, 2.24) is 5.06 Å². The van der Waals surface area contributed by atoms with Gasteiger partial charge in [0.1, 0.15) is 6.04 Å². The number of rotatable bonds is 8. The number of hydrogen-bond donors (Lipinski definition) is 3. The molecule has 0 radical (unpaired) electrons. The van der Waals surface area contributed by atoms with Crippen LogP contribution in [0.25, 0.3) is 0 Å². The van der Waals surface area contributed by atoms with Gasteiger partial charge in [0.25, 0.3) is 0 Å². The molecule has 0 aromatic heterocycles. The molecule has 20 heavy (non-hydrogen) atoms. The Hall–Kier alpha value is -0.200. The zero-order valence-electron chi connectivity index (χ0n) is 10.8. The molecule has 12 heteroatoms. The third-order valence-electron chi connectivity index (χ3n) is 1.92. The van der Waals surface area contributed by atoms with Gasteiger partial charge >= 0.3 is 71.1 Å². The van der Waals surface area contributed by atoms with E-state index in [0.29, 0.717) is 0 Å². The van der Waals surface area contributed by atoms with E-state index in [4.69, 9.17) is 10.2 Å². The van der Waals surface area contributed by atoms with Gasteiger partial charge in [-0.25, -0.2) is 0 Å². The predicted octanol–water partition coefficient (Wildman–Crippen LogP) is -10.1. The van der Waals surface area contributed by atoms with E-state index in [-0.39, 0.29) is 64.2 Å². The number of carboxylic acid groups (broad SMARTS) is 4. The normalized spacial score (nSPS) is 12.5. The van der Waals surface area contributed by atoms with E-state index in [1.165, 1.54) is 0 Å². The van der Waals surface area contributed by atoms with Gasteiger partial charge in [-0.15, -0.1) is 0 Å². The molecule has 0 aliphatic rings. The summed E-state index contributed by atoms with van der Waals surface area (Å²) >= 11 is 0. The summed E-state index contributed by atoms with van der Waals surface area (Å²) < 4.78 is 0. The first kappa shape index (κ1) is 24.8. The van der Waals surface area contributed by atoms with Crippen LogP contribution in [0.4, 0.5) is 0 Å². The molecule has 0 aromatic rings. The molecular formula is C8H9NNa2O9. The van der Waals surface area contributed by atoms with Gasteiger partial charge in [0.05, 0.1) is 18.4 Å². The SMILES string of the molecule is O=C([O-])CC(C(=O)[O-])N(O)C(CC(=O)O)C(=O)O.[Na+].[Na+]. The maximum atomic E-state index is 10.6. The molecule has 0 spiro atoms. The molecule has 0 amide bonds. The molecular weight excluding hydrogens is 300 g/mol. The molecule has 0 aromatic carbocycles. The second kappa shape index (κ2) is 11.5. The average Bonchev–Trinajstić information content (AvgIpc) is 2.20. The Kier molecular flexibility index (Phi) is 14.2. The van der Waals surface area contributed by atoms with Gasteiger partial charge in [-0.1, -0.05) is 0 Å². The van der Waals surface area contributed by atoms with Crippen LogP contribution >= 0.6 is 0 Å². The van der Waals surface area contributed by atoms with E-state index in [0.717, 1.165) is 0 Å². The van der Waals surface area contributed by atoms with Crippen molar-refractivity contribution in [2.45, 2.75) is 24.9 Å². The summed E-state index contributed by atoms with van der Waals surface area (Å²) in [5.41, 5.74) is 0. The van der Waals surface area contributed by atoms with Crippen LogP contribution in [-0.4, -0.2) is 56.4 Å². The molecule has 0 aliphatic heterocycles. The zero-order valence-corrected chi connectivity index (χ0v) is 14.8. The van der Waals surface area contributed by atoms with Crippen molar-refractivity contribution in [3.63, 3.8) is 0 Å². The Morgan fingerprint density at radius 3 is 1.65 bits per heavy atom. The second-order valence-corrected chi connectivity index (χ2v) is 3.24. The number of carbonyl (C=O) groups is 4. The number of hydroxylamine groups is 2. The molecule has 2 unspecified atom stereocenters. The zero-order chi connectivity index (χ0) is 14.5. The Bertz CT molecular complexity index is 341. The van der Waals surface area contributed by atoms with Gasteiger partial charge in [0.15, 0.2) is 0 Å². The minimum atomic E-state index is -2.23. The van der Waals surface area contributed by atoms with Crippen molar-refractivity contribution in [3.8, 4) is 0 Å². The van der Waals surface area contributed by atoms with Crippen molar-refractivity contribution < 1.29 is 104 Å². The summed E-state index contributed by atoms with van der Waals surface area (Å²) in [6.07, 6.45) is -2.37. The van der Waals surface area contributed by atoms with Crippen LogP contribution in [0.1, 0.15) is 12.8 Å². The maximum Gasteiger partial charge on any atom is 1.00 e. The summed E-state index contributed by atoms with van der Waals surface area (Å²) in [6, 6.07) is -4.35. The number of hydrogen-bond acceptors (Lipinski definition) is 8. The van der Waals surface area contributed by atoms with Crippen molar-refractivity contribution in [2.24, 2.45) is 0 Å². The van der Waals surface area contributed by atoms with Crippen LogP contribution in [0.5, 0.6) is 0 Å². The van der Waals surface area contributed by atoms with E-state index in [9.17, 15) is 34.6 Å². The van der Waals surface area contributed by atoms with Crippen molar-refractivity contribution in [2.75, 3.05) is 0 Å². The first-order valence-corrected chi connectivity index (χ1v) is 4.49. The first-order valence-electron chi connectivity index (χ1n) is 4.49. The van der Waals surface area contributed by atoms with E-state index in [2.05, 4.69) is 0 Å². The third-order valence-corrected chi connectivity index (χ3v) is 1.92. The molecule has 0 bridgehead atoms. The van der Waals surface area contributed by atoms with E-state index >= 15 is 0 Å². The molecule has 0 heterocycles. The van der Waals surface area contributed by atoms with Gasteiger partial charge in [0, 0.05) is 12.4 Å². The Morgan fingerprint density at radius 2 is 1.40 bits per heavy atom. The first-order chi connectivity index (χ1) is 8.16. The van der Waals surface area contributed by atoms with Crippen molar-refractivity contribution in [1.29, 1.82) is 0 Å². The largest absolute Gasteiger partial charge is 1.00 e. The number of aliphatic carboxylic acids is 4. The third kappa shape index (κ3) is 8.87. The summed E-state index contributed by atoms with van der Waals surface area (Å²) in [6.45, 7) is 0. The minimum absolute atomic E-state index is 0. The molecule has 0 saturated carbocycles. The van der Waals surface area contributed by atoms with Crippen LogP contribution in [0.3, 0.4) is 0 Å². The fraction of sp³-hybridized carbons (Fsp3) is 0.500. The topological polar surface area (TPSA) is 178 Å². The molecule has 3 N–H and O–H groups in total. The van der Waals surface area contributed by atoms with Gasteiger partial charge < -0.3 is 35.2 Å². The van der Waals surface area contributed by atoms with Crippen LogP contribution in [0, 0.1) is 0 Å². The fourth-order valence-corrected chi connectivity index (χ4v) is 1.12. The number of nitrogens with zero attached hydrogens (tertiary/aromatic N) is 1. The summed E-state index contributed by atoms with van der Waals surface area (Å²) in [5.74, 6) is -7.39. The van der Waals surface area contributed by atoms with E-state index < -0.39 is 48.8 Å². The Morgan fingerprint density at radius 1 is 0.950 bits per heavy atom. The van der Waals surface area contributed by atoms with Crippen LogP contribution in [0.2, 0.25) is 0 Å². The molecule has 2 atom stereocenters. The molecule has 0 fully saturated rings. The quantitative estimate of drug-likeness (QED) is 0.288. The van der Waals surface area contributed by atoms with Crippen LogP contribution in [-0.2, 0) is 19.2 Å². The Labute approximate surface area is 156 Å². The molecule has 102 valence electrons. The summed E-state index contributed by atoms with van der Waals surface area (Å²) in [7, 11) is 0. The summed E-state index contributed by atoms with van der Waals surface area (Å²) in [5, 5.41) is 46.7. The number of carboxylic acids is 4. The van der Waals surface area contributed by atoms with E-state index in [1.807, 2.05) is 0 Å². The predicted molar refractivity (Wildman–Crippen MR) is 45.7 cm³/mol. The fourth-order valence-electron chi connectivity index (χ4n) is 1.12. The average molecular weight is 309 g/mol. The van der Waals surface area contributed by atoms with Crippen LogP contribution < -0.4 is 69.3 Å².